The van der Waals surface area contributed by atoms with Gasteiger partial charge in [0.25, 0.3) is 11.1 Å². The first-order valence-electron chi connectivity index (χ1n) is 8.35. The maximum absolute atomic E-state index is 12.5. The number of pyridine rings is 1. The molecule has 7 heteroatoms. The lowest BCUT2D eigenvalue weighted by molar-refractivity contribution is 0.0313. The van der Waals surface area contributed by atoms with Gasteiger partial charge < -0.3 is 14.7 Å². The number of hydrogen-bond donors (Lipinski definition) is 2. The molecule has 0 unspecified atom stereocenters. The molecule has 4 aromatic rings. The molecule has 0 saturated carbocycles. The number of H-pyrrole nitrogens is 2. The highest BCUT2D eigenvalue weighted by Crippen LogP contribution is 2.17. The van der Waals surface area contributed by atoms with Crippen LogP contribution in [0.5, 0.6) is 0 Å². The van der Waals surface area contributed by atoms with Crippen LogP contribution in [0.15, 0.2) is 64.2 Å². The van der Waals surface area contributed by atoms with Gasteiger partial charge >= 0.3 is 5.97 Å². The molecule has 2 N–H and O–H groups in total. The first-order chi connectivity index (χ1) is 13.0. The van der Waals surface area contributed by atoms with Gasteiger partial charge in [0, 0.05) is 5.39 Å². The van der Waals surface area contributed by atoms with E-state index in [1.807, 2.05) is 0 Å². The number of esters is 1. The number of benzene rings is 2. The van der Waals surface area contributed by atoms with E-state index in [0.717, 1.165) is 0 Å². The third kappa shape index (κ3) is 3.10. The molecule has 2 aromatic heterocycles. The van der Waals surface area contributed by atoms with Crippen LogP contribution in [0.25, 0.3) is 21.7 Å². The highest BCUT2D eigenvalue weighted by atomic mass is 16.5. The molecule has 0 radical (unpaired) electrons. The third-order valence-corrected chi connectivity index (χ3v) is 4.27. The quantitative estimate of drug-likeness (QED) is 0.546. The van der Waals surface area contributed by atoms with E-state index in [4.69, 9.17) is 4.74 Å². The van der Waals surface area contributed by atoms with E-state index in [0.29, 0.717) is 21.7 Å². The van der Waals surface area contributed by atoms with Gasteiger partial charge in [0.15, 0.2) is 11.9 Å². The minimum atomic E-state index is -0.801. The number of carbonyl (C=O) groups is 1. The first kappa shape index (κ1) is 16.7. The Labute approximate surface area is 152 Å². The van der Waals surface area contributed by atoms with Crippen LogP contribution in [0.3, 0.4) is 0 Å². The summed E-state index contributed by atoms with van der Waals surface area (Å²) in [5.74, 6) is -0.476. The zero-order valence-electron chi connectivity index (χ0n) is 14.4. The van der Waals surface area contributed by atoms with E-state index in [1.165, 1.54) is 0 Å². The second-order valence-corrected chi connectivity index (χ2v) is 6.12. The average molecular weight is 361 g/mol. The third-order valence-electron chi connectivity index (χ3n) is 4.27. The summed E-state index contributed by atoms with van der Waals surface area (Å²) in [6.07, 6.45) is -0.801. The average Bonchev–Trinajstić information content (AvgIpc) is 2.68. The molecular formula is C20H15N3O4. The van der Waals surface area contributed by atoms with Crippen molar-refractivity contribution in [3.05, 3.63) is 86.8 Å². The van der Waals surface area contributed by atoms with Crippen molar-refractivity contribution in [2.24, 2.45) is 0 Å². The van der Waals surface area contributed by atoms with E-state index in [9.17, 15) is 14.4 Å². The summed E-state index contributed by atoms with van der Waals surface area (Å²) in [7, 11) is 0. The first-order valence-corrected chi connectivity index (χ1v) is 8.35. The summed E-state index contributed by atoms with van der Waals surface area (Å²) in [6, 6.07) is 15.4. The molecule has 0 amide bonds. The molecule has 0 fully saturated rings. The summed E-state index contributed by atoms with van der Waals surface area (Å²) in [4.78, 5) is 46.3. The number of nitrogens with one attached hydrogen (secondary N) is 2. The van der Waals surface area contributed by atoms with Gasteiger partial charge in [-0.15, -0.1) is 0 Å². The molecular weight excluding hydrogens is 346 g/mol. The zero-order chi connectivity index (χ0) is 19.0. The number of para-hydroxylation sites is 1. The summed E-state index contributed by atoms with van der Waals surface area (Å²) in [6.45, 7) is 1.60. The monoisotopic (exact) mass is 361 g/mol. The number of nitrogens with zero attached hydrogens (tertiary/aromatic N) is 1. The van der Waals surface area contributed by atoms with Crippen LogP contribution in [0.1, 0.15) is 29.3 Å². The van der Waals surface area contributed by atoms with Crippen molar-refractivity contribution in [3.8, 4) is 0 Å². The van der Waals surface area contributed by atoms with Crippen molar-refractivity contribution in [1.82, 2.24) is 15.0 Å². The molecule has 0 saturated heterocycles. The number of aromatic nitrogens is 3. The topological polar surface area (TPSA) is 105 Å². The van der Waals surface area contributed by atoms with Crippen molar-refractivity contribution in [3.63, 3.8) is 0 Å². The van der Waals surface area contributed by atoms with Crippen LogP contribution in [-0.4, -0.2) is 20.9 Å². The fraction of sp³-hybridized carbons (Fsp3) is 0.100. The predicted octanol–water partition coefficient (Wildman–Crippen LogP) is 2.68. The van der Waals surface area contributed by atoms with Crippen LogP contribution in [0.4, 0.5) is 0 Å². The van der Waals surface area contributed by atoms with Gasteiger partial charge in [0.05, 0.1) is 10.9 Å². The lowest BCUT2D eigenvalue weighted by Crippen LogP contribution is -2.19. The Morgan fingerprint density at radius 3 is 2.44 bits per heavy atom. The van der Waals surface area contributed by atoms with E-state index < -0.39 is 12.1 Å². The van der Waals surface area contributed by atoms with Crippen LogP contribution < -0.4 is 11.1 Å². The Hall–Kier alpha value is -3.74. The minimum Gasteiger partial charge on any atom is -0.450 e. The maximum Gasteiger partial charge on any atom is 0.355 e. The Balaban J connectivity index is 1.65. The fourth-order valence-corrected chi connectivity index (χ4v) is 2.90. The van der Waals surface area contributed by atoms with Gasteiger partial charge in [-0.1, -0.05) is 30.3 Å². The van der Waals surface area contributed by atoms with E-state index in [-0.39, 0.29) is 22.6 Å². The van der Waals surface area contributed by atoms with Gasteiger partial charge in [0.1, 0.15) is 5.69 Å². The lowest BCUT2D eigenvalue weighted by atomic mass is 10.1. The second kappa shape index (κ2) is 6.53. The SMILES string of the molecule is C[C@@H](OC(=O)c1cc2ccccc2c(=O)[nH]1)c1nc2ccccc2c(=O)[nH]1. The van der Waals surface area contributed by atoms with Gasteiger partial charge in [-0.2, -0.15) is 0 Å². The van der Waals surface area contributed by atoms with Gasteiger partial charge in [-0.25, -0.2) is 9.78 Å². The van der Waals surface area contributed by atoms with E-state index >= 15 is 0 Å². The van der Waals surface area contributed by atoms with E-state index in [2.05, 4.69) is 15.0 Å². The number of rotatable bonds is 3. The number of aromatic amines is 2. The molecule has 2 aromatic carbocycles. The minimum absolute atomic E-state index is 0.0358. The van der Waals surface area contributed by atoms with Crippen molar-refractivity contribution in [2.75, 3.05) is 0 Å². The number of ether oxygens (including phenoxy) is 1. The zero-order valence-corrected chi connectivity index (χ0v) is 14.4. The number of fused-ring (bicyclic) bond motifs is 2. The van der Waals surface area contributed by atoms with Crippen LogP contribution in [-0.2, 0) is 4.74 Å². The largest absolute Gasteiger partial charge is 0.450 e. The molecule has 0 bridgehead atoms. The van der Waals surface area contributed by atoms with Gasteiger partial charge in [-0.3, -0.25) is 9.59 Å². The number of carbonyl (C=O) groups excluding carboxylic acids is 1. The maximum atomic E-state index is 12.5. The summed E-state index contributed by atoms with van der Waals surface area (Å²) >= 11 is 0. The van der Waals surface area contributed by atoms with Crippen molar-refractivity contribution in [1.29, 1.82) is 0 Å². The Morgan fingerprint density at radius 1 is 0.963 bits per heavy atom. The predicted molar refractivity (Wildman–Crippen MR) is 101 cm³/mol. The molecule has 27 heavy (non-hydrogen) atoms. The molecule has 134 valence electrons. The van der Waals surface area contributed by atoms with Crippen LogP contribution >= 0.6 is 0 Å². The standard InChI is InChI=1S/C20H15N3O4/c1-11(17-21-15-9-5-4-8-14(15)19(25)23-17)27-20(26)16-10-12-6-2-3-7-13(12)18(24)22-16/h2-11H,1H3,(H,22,24)(H,21,23,25)/t11-/m1/s1. The molecule has 4 rings (SSSR count). The molecule has 7 nitrogen and oxygen atoms in total. The molecule has 0 aliphatic rings. The fourth-order valence-electron chi connectivity index (χ4n) is 2.90. The summed E-state index contributed by atoms with van der Waals surface area (Å²) < 4.78 is 5.39. The Morgan fingerprint density at radius 2 is 1.63 bits per heavy atom. The van der Waals surface area contributed by atoms with Gasteiger partial charge in [0.2, 0.25) is 0 Å². The highest BCUT2D eigenvalue weighted by Gasteiger charge is 2.18. The second-order valence-electron chi connectivity index (χ2n) is 6.12. The Bertz CT molecular complexity index is 1290. The van der Waals surface area contributed by atoms with Crippen LogP contribution in [0, 0.1) is 0 Å². The summed E-state index contributed by atoms with van der Waals surface area (Å²) in [5, 5.41) is 1.58. The van der Waals surface area contributed by atoms with Crippen molar-refractivity contribution >= 4 is 27.6 Å². The highest BCUT2D eigenvalue weighted by molar-refractivity contribution is 5.93. The van der Waals surface area contributed by atoms with Crippen molar-refractivity contribution < 1.29 is 9.53 Å². The molecule has 0 aliphatic heterocycles. The van der Waals surface area contributed by atoms with Gasteiger partial charge in [-0.05, 0) is 36.6 Å². The molecule has 0 spiro atoms. The normalized spacial score (nSPS) is 12.2. The van der Waals surface area contributed by atoms with Crippen molar-refractivity contribution in [2.45, 2.75) is 13.0 Å². The molecule has 0 aliphatic carbocycles. The smallest absolute Gasteiger partial charge is 0.355 e. The van der Waals surface area contributed by atoms with E-state index in [1.54, 1.807) is 61.5 Å². The lowest BCUT2D eigenvalue weighted by Gasteiger charge is -2.13. The summed E-state index contributed by atoms with van der Waals surface area (Å²) in [5.41, 5.74) is -0.130. The molecule has 1 atom stereocenters. The molecule has 2 heterocycles. The number of hydrogen-bond acceptors (Lipinski definition) is 5. The Kier molecular flexibility index (Phi) is 4.04. The van der Waals surface area contributed by atoms with Crippen LogP contribution in [0.2, 0.25) is 0 Å².